The second-order valence-electron chi connectivity index (χ2n) is 5.04. The Kier molecular flexibility index (Phi) is 5.71. The summed E-state index contributed by atoms with van der Waals surface area (Å²) in [4.78, 5) is 0. The van der Waals surface area contributed by atoms with E-state index in [-0.39, 0.29) is 0 Å². The number of hydrogen-bond acceptors (Lipinski definition) is 3. The van der Waals surface area contributed by atoms with Crippen molar-refractivity contribution in [1.82, 2.24) is 0 Å². The maximum Gasteiger partial charge on any atom is 0.137 e. The Morgan fingerprint density at radius 2 is 1.95 bits per heavy atom. The van der Waals surface area contributed by atoms with Gasteiger partial charge in [0.25, 0.3) is 0 Å². The molecule has 0 spiro atoms. The quantitative estimate of drug-likeness (QED) is 0.703. The van der Waals surface area contributed by atoms with E-state index in [0.29, 0.717) is 17.9 Å². The van der Waals surface area contributed by atoms with E-state index in [2.05, 4.69) is 6.07 Å². The highest BCUT2D eigenvalue weighted by molar-refractivity contribution is 5.42. The molecule has 0 heterocycles. The average molecular weight is 259 g/mol. The van der Waals surface area contributed by atoms with Gasteiger partial charge >= 0.3 is 0 Å². The zero-order valence-electron chi connectivity index (χ0n) is 11.3. The van der Waals surface area contributed by atoms with Gasteiger partial charge in [0.15, 0.2) is 0 Å². The molecule has 19 heavy (non-hydrogen) atoms. The minimum absolute atomic E-state index is 0.592. The highest BCUT2D eigenvalue weighted by Crippen LogP contribution is 2.24. The SMILES string of the molecule is N#Cc1ccccc1OCCCOCC1CCCC1. The van der Waals surface area contributed by atoms with Crippen LogP contribution in [0.4, 0.5) is 0 Å². The molecule has 102 valence electrons. The van der Waals surface area contributed by atoms with E-state index < -0.39 is 0 Å². The Balaban J connectivity index is 1.57. The molecular formula is C16H21NO2. The largest absolute Gasteiger partial charge is 0.492 e. The summed E-state index contributed by atoms with van der Waals surface area (Å²) in [6.07, 6.45) is 6.24. The minimum Gasteiger partial charge on any atom is -0.492 e. The van der Waals surface area contributed by atoms with Crippen LogP contribution in [0, 0.1) is 17.2 Å². The third-order valence-electron chi connectivity index (χ3n) is 3.53. The Morgan fingerprint density at radius 1 is 1.16 bits per heavy atom. The molecule has 0 bridgehead atoms. The summed E-state index contributed by atoms with van der Waals surface area (Å²) >= 11 is 0. The summed E-state index contributed by atoms with van der Waals surface area (Å²) < 4.78 is 11.3. The molecule has 0 radical (unpaired) electrons. The second kappa shape index (κ2) is 7.81. The van der Waals surface area contributed by atoms with Crippen LogP contribution in [0.25, 0.3) is 0 Å². The van der Waals surface area contributed by atoms with Crippen LogP contribution in [-0.2, 0) is 4.74 Å². The lowest BCUT2D eigenvalue weighted by Gasteiger charge is -2.10. The number of nitriles is 1. The van der Waals surface area contributed by atoms with Gasteiger partial charge in [-0.3, -0.25) is 0 Å². The molecule has 1 fully saturated rings. The predicted molar refractivity (Wildman–Crippen MR) is 74.0 cm³/mol. The number of ether oxygens (including phenoxy) is 2. The third-order valence-corrected chi connectivity index (χ3v) is 3.53. The van der Waals surface area contributed by atoms with Crippen LogP contribution < -0.4 is 4.74 Å². The highest BCUT2D eigenvalue weighted by atomic mass is 16.5. The van der Waals surface area contributed by atoms with Crippen LogP contribution in [0.3, 0.4) is 0 Å². The van der Waals surface area contributed by atoms with Crippen molar-refractivity contribution in [3.8, 4) is 11.8 Å². The van der Waals surface area contributed by atoms with Crippen LogP contribution in [-0.4, -0.2) is 19.8 Å². The van der Waals surface area contributed by atoms with Gasteiger partial charge in [-0.25, -0.2) is 0 Å². The van der Waals surface area contributed by atoms with E-state index in [1.54, 1.807) is 6.07 Å². The first-order valence-electron chi connectivity index (χ1n) is 7.10. The fourth-order valence-electron chi connectivity index (χ4n) is 2.46. The molecular weight excluding hydrogens is 238 g/mol. The molecule has 1 aliphatic carbocycles. The second-order valence-corrected chi connectivity index (χ2v) is 5.04. The summed E-state index contributed by atoms with van der Waals surface area (Å²) in [5.74, 6) is 1.45. The summed E-state index contributed by atoms with van der Waals surface area (Å²) in [6.45, 7) is 2.24. The molecule has 0 saturated heterocycles. The monoisotopic (exact) mass is 259 g/mol. The first kappa shape index (κ1) is 13.9. The molecule has 0 aliphatic heterocycles. The van der Waals surface area contributed by atoms with Crippen molar-refractivity contribution in [1.29, 1.82) is 5.26 Å². The first-order valence-corrected chi connectivity index (χ1v) is 7.10. The minimum atomic E-state index is 0.592. The Morgan fingerprint density at radius 3 is 2.74 bits per heavy atom. The van der Waals surface area contributed by atoms with Gasteiger partial charge in [0.2, 0.25) is 0 Å². The summed E-state index contributed by atoms with van der Waals surface area (Å²) in [6, 6.07) is 9.45. The van der Waals surface area contributed by atoms with Crippen molar-refractivity contribution in [3.05, 3.63) is 29.8 Å². The number of benzene rings is 1. The Labute approximate surface area is 115 Å². The van der Waals surface area contributed by atoms with Crippen LogP contribution in [0.15, 0.2) is 24.3 Å². The van der Waals surface area contributed by atoms with Crippen LogP contribution in [0.1, 0.15) is 37.7 Å². The smallest absolute Gasteiger partial charge is 0.137 e. The number of rotatable bonds is 7. The lowest BCUT2D eigenvalue weighted by molar-refractivity contribution is 0.0906. The summed E-state index contributed by atoms with van der Waals surface area (Å²) in [5.41, 5.74) is 0.592. The van der Waals surface area contributed by atoms with Crippen LogP contribution >= 0.6 is 0 Å². The van der Waals surface area contributed by atoms with Gasteiger partial charge in [-0.1, -0.05) is 25.0 Å². The Bertz CT molecular complexity index is 419. The summed E-state index contributed by atoms with van der Waals surface area (Å²) in [7, 11) is 0. The van der Waals surface area contributed by atoms with E-state index in [4.69, 9.17) is 14.7 Å². The van der Waals surface area contributed by atoms with Crippen molar-refractivity contribution in [2.75, 3.05) is 19.8 Å². The van der Waals surface area contributed by atoms with E-state index in [0.717, 1.165) is 25.6 Å². The highest BCUT2D eigenvalue weighted by Gasteiger charge is 2.14. The molecule has 3 nitrogen and oxygen atoms in total. The Hall–Kier alpha value is -1.53. The van der Waals surface area contributed by atoms with Crippen LogP contribution in [0.5, 0.6) is 5.75 Å². The van der Waals surface area contributed by atoms with Crippen molar-refractivity contribution in [2.24, 2.45) is 5.92 Å². The maximum atomic E-state index is 8.93. The molecule has 0 N–H and O–H groups in total. The van der Waals surface area contributed by atoms with Crippen molar-refractivity contribution < 1.29 is 9.47 Å². The molecule has 0 aromatic heterocycles. The standard InChI is InChI=1S/C16H21NO2/c17-12-15-8-3-4-9-16(15)19-11-5-10-18-13-14-6-1-2-7-14/h3-4,8-9,14H,1-2,5-7,10-11,13H2. The zero-order valence-corrected chi connectivity index (χ0v) is 11.3. The fourth-order valence-corrected chi connectivity index (χ4v) is 2.46. The van der Waals surface area contributed by atoms with Gasteiger partial charge in [0.05, 0.1) is 12.2 Å². The van der Waals surface area contributed by atoms with Gasteiger partial charge in [-0.15, -0.1) is 0 Å². The maximum absolute atomic E-state index is 8.93. The topological polar surface area (TPSA) is 42.2 Å². The molecule has 1 aliphatic rings. The van der Waals surface area contributed by atoms with Gasteiger partial charge in [0.1, 0.15) is 11.8 Å². The predicted octanol–water partition coefficient (Wildman–Crippen LogP) is 3.53. The molecule has 1 aromatic carbocycles. The van der Waals surface area contributed by atoms with Crippen molar-refractivity contribution >= 4 is 0 Å². The molecule has 1 saturated carbocycles. The van der Waals surface area contributed by atoms with Crippen molar-refractivity contribution in [3.63, 3.8) is 0 Å². The van der Waals surface area contributed by atoms with E-state index in [1.165, 1.54) is 25.7 Å². The van der Waals surface area contributed by atoms with Gasteiger partial charge in [-0.05, 0) is 30.9 Å². The van der Waals surface area contributed by atoms with Gasteiger partial charge in [-0.2, -0.15) is 5.26 Å². The molecule has 2 rings (SSSR count). The van der Waals surface area contributed by atoms with E-state index in [1.807, 2.05) is 18.2 Å². The summed E-state index contributed by atoms with van der Waals surface area (Å²) in [5, 5.41) is 8.93. The van der Waals surface area contributed by atoms with Gasteiger partial charge in [0, 0.05) is 19.6 Å². The molecule has 3 heteroatoms. The van der Waals surface area contributed by atoms with Crippen LogP contribution in [0.2, 0.25) is 0 Å². The average Bonchev–Trinajstić information content (AvgIpc) is 2.96. The fraction of sp³-hybridized carbons (Fsp3) is 0.562. The number of nitrogens with zero attached hydrogens (tertiary/aromatic N) is 1. The van der Waals surface area contributed by atoms with E-state index in [9.17, 15) is 0 Å². The number of hydrogen-bond donors (Lipinski definition) is 0. The number of para-hydroxylation sites is 1. The molecule has 0 unspecified atom stereocenters. The van der Waals surface area contributed by atoms with Gasteiger partial charge < -0.3 is 9.47 Å². The lowest BCUT2D eigenvalue weighted by Crippen LogP contribution is -2.09. The third kappa shape index (κ3) is 4.57. The first-order chi connectivity index (χ1) is 9.40. The molecule has 1 aromatic rings. The normalized spacial score (nSPS) is 15.3. The molecule has 0 amide bonds. The van der Waals surface area contributed by atoms with Crippen molar-refractivity contribution in [2.45, 2.75) is 32.1 Å². The lowest BCUT2D eigenvalue weighted by atomic mass is 10.1. The van der Waals surface area contributed by atoms with E-state index >= 15 is 0 Å². The zero-order chi connectivity index (χ0) is 13.3. The molecule has 0 atom stereocenters.